The zero-order chi connectivity index (χ0) is 12.9. The fourth-order valence-corrected chi connectivity index (χ4v) is 2.91. The highest BCUT2D eigenvalue weighted by molar-refractivity contribution is 4.84. The Bertz CT molecular complexity index is 213. The van der Waals surface area contributed by atoms with Crippen molar-refractivity contribution < 1.29 is 4.74 Å². The average Bonchev–Trinajstić information content (AvgIpc) is 2.29. The van der Waals surface area contributed by atoms with Crippen LogP contribution in [0.1, 0.15) is 59.8 Å². The van der Waals surface area contributed by atoms with Crippen molar-refractivity contribution in [3.8, 4) is 0 Å². The van der Waals surface area contributed by atoms with Crippen LogP contribution < -0.4 is 11.3 Å². The molecule has 0 bridgehead atoms. The van der Waals surface area contributed by atoms with Crippen LogP contribution >= 0.6 is 0 Å². The van der Waals surface area contributed by atoms with Crippen LogP contribution in [0.4, 0.5) is 0 Å². The van der Waals surface area contributed by atoms with Gasteiger partial charge < -0.3 is 4.74 Å². The van der Waals surface area contributed by atoms with E-state index in [1.165, 1.54) is 32.1 Å². The van der Waals surface area contributed by atoms with E-state index in [4.69, 9.17) is 10.6 Å². The molecule has 3 nitrogen and oxygen atoms in total. The van der Waals surface area contributed by atoms with Crippen LogP contribution in [0.2, 0.25) is 0 Å². The van der Waals surface area contributed by atoms with E-state index >= 15 is 0 Å². The fraction of sp³-hybridized carbons (Fsp3) is 1.00. The maximum Gasteiger partial charge on any atom is 0.0643 e. The SMILES string of the molecule is CCC1CCCCC1C(COC(C)(C)C)NN. The molecule has 3 unspecified atom stereocenters. The molecule has 0 aromatic rings. The van der Waals surface area contributed by atoms with Gasteiger partial charge in [0, 0.05) is 6.04 Å². The lowest BCUT2D eigenvalue weighted by molar-refractivity contribution is -0.0302. The van der Waals surface area contributed by atoms with Gasteiger partial charge in [0.25, 0.3) is 0 Å². The van der Waals surface area contributed by atoms with E-state index in [9.17, 15) is 0 Å². The van der Waals surface area contributed by atoms with Gasteiger partial charge in [-0.3, -0.25) is 11.3 Å². The molecule has 1 fully saturated rings. The van der Waals surface area contributed by atoms with Crippen LogP contribution in [0.5, 0.6) is 0 Å². The summed E-state index contributed by atoms with van der Waals surface area (Å²) < 4.78 is 5.89. The number of rotatable bonds is 5. The van der Waals surface area contributed by atoms with Crippen LogP contribution in [0.15, 0.2) is 0 Å². The fourth-order valence-electron chi connectivity index (χ4n) is 2.91. The Kier molecular flexibility index (Phi) is 5.90. The van der Waals surface area contributed by atoms with Gasteiger partial charge in [-0.25, -0.2) is 0 Å². The van der Waals surface area contributed by atoms with Crippen molar-refractivity contribution in [3.05, 3.63) is 0 Å². The lowest BCUT2D eigenvalue weighted by Gasteiger charge is -2.37. The molecule has 3 N–H and O–H groups in total. The zero-order valence-corrected chi connectivity index (χ0v) is 12.0. The second-order valence-corrected chi connectivity index (χ2v) is 6.31. The van der Waals surface area contributed by atoms with Crippen molar-refractivity contribution >= 4 is 0 Å². The summed E-state index contributed by atoms with van der Waals surface area (Å²) in [6.07, 6.45) is 6.63. The van der Waals surface area contributed by atoms with Gasteiger partial charge in [0.1, 0.15) is 0 Å². The Balaban J connectivity index is 2.52. The minimum Gasteiger partial charge on any atom is -0.374 e. The van der Waals surface area contributed by atoms with Gasteiger partial charge in [0.05, 0.1) is 12.2 Å². The Morgan fingerprint density at radius 2 is 1.94 bits per heavy atom. The monoisotopic (exact) mass is 242 g/mol. The molecule has 0 radical (unpaired) electrons. The maximum absolute atomic E-state index is 5.89. The number of nitrogens with one attached hydrogen (secondary N) is 1. The van der Waals surface area contributed by atoms with Gasteiger partial charge in [-0.15, -0.1) is 0 Å². The van der Waals surface area contributed by atoms with Crippen LogP contribution in [0, 0.1) is 11.8 Å². The molecule has 102 valence electrons. The third kappa shape index (κ3) is 4.94. The number of ether oxygens (including phenoxy) is 1. The highest BCUT2D eigenvalue weighted by atomic mass is 16.5. The molecule has 3 atom stereocenters. The van der Waals surface area contributed by atoms with E-state index in [2.05, 4.69) is 33.1 Å². The second-order valence-electron chi connectivity index (χ2n) is 6.31. The molecule has 3 heteroatoms. The van der Waals surface area contributed by atoms with Crippen molar-refractivity contribution in [1.29, 1.82) is 0 Å². The van der Waals surface area contributed by atoms with Gasteiger partial charge in [-0.05, 0) is 39.0 Å². The van der Waals surface area contributed by atoms with Crippen LogP contribution in [-0.2, 0) is 4.74 Å². The van der Waals surface area contributed by atoms with Crippen LogP contribution in [0.3, 0.4) is 0 Å². The Morgan fingerprint density at radius 1 is 1.29 bits per heavy atom. The standard InChI is InChI=1S/C14H30N2O/c1-5-11-8-6-7-9-12(11)13(16-15)10-17-14(2,3)4/h11-13,16H,5-10,15H2,1-4H3. The molecule has 1 aliphatic rings. The molecular formula is C14H30N2O. The Morgan fingerprint density at radius 3 is 2.47 bits per heavy atom. The molecule has 0 heterocycles. The Hall–Kier alpha value is -0.120. The lowest BCUT2D eigenvalue weighted by Crippen LogP contribution is -2.48. The predicted molar refractivity (Wildman–Crippen MR) is 72.6 cm³/mol. The van der Waals surface area contributed by atoms with E-state index in [1.54, 1.807) is 0 Å². The Labute approximate surface area is 106 Å². The van der Waals surface area contributed by atoms with Crippen LogP contribution in [-0.4, -0.2) is 18.2 Å². The van der Waals surface area contributed by atoms with E-state index in [0.29, 0.717) is 12.0 Å². The minimum atomic E-state index is -0.0779. The topological polar surface area (TPSA) is 47.3 Å². The molecule has 0 aliphatic heterocycles. The first-order valence-corrected chi connectivity index (χ1v) is 7.08. The summed E-state index contributed by atoms with van der Waals surface area (Å²) in [5.41, 5.74) is 2.91. The zero-order valence-electron chi connectivity index (χ0n) is 12.0. The number of hydrazine groups is 1. The van der Waals surface area contributed by atoms with Gasteiger partial charge in [0.15, 0.2) is 0 Å². The normalized spacial score (nSPS) is 28.1. The summed E-state index contributed by atoms with van der Waals surface area (Å²) in [4.78, 5) is 0. The summed E-state index contributed by atoms with van der Waals surface area (Å²) in [7, 11) is 0. The predicted octanol–water partition coefficient (Wildman–Crippen LogP) is 2.85. The molecule has 1 aliphatic carbocycles. The van der Waals surface area contributed by atoms with E-state index < -0.39 is 0 Å². The highest BCUT2D eigenvalue weighted by Crippen LogP contribution is 2.34. The smallest absolute Gasteiger partial charge is 0.0643 e. The first kappa shape index (κ1) is 14.9. The molecule has 0 aromatic heterocycles. The molecule has 17 heavy (non-hydrogen) atoms. The van der Waals surface area contributed by atoms with Crippen molar-refractivity contribution in [3.63, 3.8) is 0 Å². The first-order valence-electron chi connectivity index (χ1n) is 7.08. The molecular weight excluding hydrogens is 212 g/mol. The molecule has 0 saturated heterocycles. The number of nitrogens with two attached hydrogens (primary N) is 1. The third-order valence-corrected chi connectivity index (χ3v) is 3.92. The summed E-state index contributed by atoms with van der Waals surface area (Å²) in [6, 6.07) is 0.305. The molecule has 1 saturated carbocycles. The number of hydrogen-bond acceptors (Lipinski definition) is 3. The maximum atomic E-state index is 5.89. The molecule has 0 aromatic carbocycles. The van der Waals surface area contributed by atoms with E-state index in [-0.39, 0.29) is 5.60 Å². The van der Waals surface area contributed by atoms with Gasteiger partial charge in [-0.1, -0.05) is 32.6 Å². The third-order valence-electron chi connectivity index (χ3n) is 3.92. The van der Waals surface area contributed by atoms with E-state index in [0.717, 1.165) is 12.5 Å². The van der Waals surface area contributed by atoms with Crippen molar-refractivity contribution in [2.45, 2.75) is 71.4 Å². The second kappa shape index (κ2) is 6.72. The quantitative estimate of drug-likeness (QED) is 0.575. The summed E-state index contributed by atoms with van der Waals surface area (Å²) >= 11 is 0. The van der Waals surface area contributed by atoms with Crippen molar-refractivity contribution in [2.75, 3.05) is 6.61 Å². The minimum absolute atomic E-state index is 0.0779. The molecule has 1 rings (SSSR count). The molecule has 0 spiro atoms. The highest BCUT2D eigenvalue weighted by Gasteiger charge is 2.31. The largest absolute Gasteiger partial charge is 0.374 e. The first-order chi connectivity index (χ1) is 7.98. The van der Waals surface area contributed by atoms with Crippen LogP contribution in [0.25, 0.3) is 0 Å². The van der Waals surface area contributed by atoms with Crippen molar-refractivity contribution in [2.24, 2.45) is 17.7 Å². The van der Waals surface area contributed by atoms with Gasteiger partial charge >= 0.3 is 0 Å². The average molecular weight is 242 g/mol. The summed E-state index contributed by atoms with van der Waals surface area (Å²) in [6.45, 7) is 9.30. The summed E-state index contributed by atoms with van der Waals surface area (Å²) in [5.74, 6) is 7.21. The van der Waals surface area contributed by atoms with E-state index in [1.807, 2.05) is 0 Å². The van der Waals surface area contributed by atoms with Crippen molar-refractivity contribution in [1.82, 2.24) is 5.43 Å². The van der Waals surface area contributed by atoms with Gasteiger partial charge in [0.2, 0.25) is 0 Å². The number of hydrogen-bond donors (Lipinski definition) is 2. The lowest BCUT2D eigenvalue weighted by atomic mass is 9.74. The summed E-state index contributed by atoms with van der Waals surface area (Å²) in [5, 5.41) is 0. The molecule has 0 amide bonds. The van der Waals surface area contributed by atoms with Gasteiger partial charge in [-0.2, -0.15) is 0 Å².